The first kappa shape index (κ1) is 13.0. The van der Waals surface area contributed by atoms with Crippen molar-refractivity contribution in [2.75, 3.05) is 6.61 Å². The van der Waals surface area contributed by atoms with E-state index in [2.05, 4.69) is 10.3 Å². The Morgan fingerprint density at radius 3 is 3.06 bits per heavy atom. The highest BCUT2D eigenvalue weighted by molar-refractivity contribution is 5.78. The molecule has 1 fully saturated rings. The van der Waals surface area contributed by atoms with Crippen LogP contribution in [0.15, 0.2) is 24.4 Å². The van der Waals surface area contributed by atoms with Crippen LogP contribution in [0.25, 0.3) is 0 Å². The van der Waals surface area contributed by atoms with Gasteiger partial charge in [0, 0.05) is 24.5 Å². The molecule has 5 nitrogen and oxygen atoms in total. The Balaban J connectivity index is 1.84. The molecule has 0 bridgehead atoms. The number of pyridine rings is 1. The van der Waals surface area contributed by atoms with E-state index in [-0.39, 0.29) is 30.5 Å². The van der Waals surface area contributed by atoms with Crippen molar-refractivity contribution >= 4 is 5.91 Å². The first-order valence-electron chi connectivity index (χ1n) is 6.27. The lowest BCUT2D eigenvalue weighted by molar-refractivity contribution is -0.125. The summed E-state index contributed by atoms with van der Waals surface area (Å²) in [6.07, 6.45) is 2.82. The van der Waals surface area contributed by atoms with Crippen LogP contribution in [0.1, 0.15) is 19.0 Å². The Hall–Kier alpha value is -1.46. The van der Waals surface area contributed by atoms with E-state index in [0.29, 0.717) is 6.61 Å². The molecule has 1 amide bonds. The number of hydrogen-bond acceptors (Lipinski definition) is 4. The van der Waals surface area contributed by atoms with Gasteiger partial charge in [0.15, 0.2) is 0 Å². The molecule has 0 saturated heterocycles. The minimum Gasteiger partial charge on any atom is -0.376 e. The van der Waals surface area contributed by atoms with Gasteiger partial charge < -0.3 is 15.8 Å². The molecule has 1 aliphatic rings. The van der Waals surface area contributed by atoms with Gasteiger partial charge >= 0.3 is 0 Å². The van der Waals surface area contributed by atoms with E-state index in [1.165, 1.54) is 0 Å². The van der Waals surface area contributed by atoms with Crippen molar-refractivity contribution in [3.05, 3.63) is 30.1 Å². The maximum atomic E-state index is 11.8. The highest BCUT2D eigenvalue weighted by Crippen LogP contribution is 2.22. The van der Waals surface area contributed by atoms with Crippen molar-refractivity contribution in [2.45, 2.75) is 38.0 Å². The number of amides is 1. The van der Waals surface area contributed by atoms with Crippen LogP contribution in [-0.2, 0) is 16.0 Å². The average molecular weight is 249 g/mol. The second-order valence-corrected chi connectivity index (χ2v) is 4.48. The fraction of sp³-hybridized carbons (Fsp3) is 0.538. The monoisotopic (exact) mass is 249 g/mol. The average Bonchev–Trinajstić information content (AvgIpc) is 2.37. The predicted octanol–water partition coefficient (Wildman–Crippen LogP) is 0.245. The van der Waals surface area contributed by atoms with Gasteiger partial charge in [-0.05, 0) is 25.5 Å². The summed E-state index contributed by atoms with van der Waals surface area (Å²) in [5.41, 5.74) is 6.63. The molecule has 3 atom stereocenters. The van der Waals surface area contributed by atoms with E-state index in [9.17, 15) is 4.79 Å². The zero-order chi connectivity index (χ0) is 13.0. The maximum Gasteiger partial charge on any atom is 0.226 e. The molecule has 1 aromatic heterocycles. The normalized spacial score (nSPS) is 26.4. The third kappa shape index (κ3) is 3.05. The second kappa shape index (κ2) is 5.93. The number of nitrogens with one attached hydrogen (secondary N) is 1. The lowest BCUT2D eigenvalue weighted by atomic mass is 9.83. The lowest BCUT2D eigenvalue weighted by Gasteiger charge is -2.42. The fourth-order valence-corrected chi connectivity index (χ4v) is 2.13. The van der Waals surface area contributed by atoms with E-state index in [1.54, 1.807) is 6.20 Å². The summed E-state index contributed by atoms with van der Waals surface area (Å²) >= 11 is 0. The van der Waals surface area contributed by atoms with E-state index >= 15 is 0 Å². The molecule has 1 aliphatic carbocycles. The van der Waals surface area contributed by atoms with Gasteiger partial charge in [0.1, 0.15) is 0 Å². The van der Waals surface area contributed by atoms with Crippen molar-refractivity contribution < 1.29 is 9.53 Å². The van der Waals surface area contributed by atoms with Gasteiger partial charge in [0.2, 0.25) is 5.91 Å². The minimum atomic E-state index is -0.0684. The Bertz CT molecular complexity index is 394. The van der Waals surface area contributed by atoms with Crippen LogP contribution in [0.3, 0.4) is 0 Å². The van der Waals surface area contributed by atoms with Crippen molar-refractivity contribution in [1.29, 1.82) is 0 Å². The van der Waals surface area contributed by atoms with Crippen LogP contribution in [0.4, 0.5) is 0 Å². The van der Waals surface area contributed by atoms with Gasteiger partial charge in [-0.15, -0.1) is 0 Å². The Morgan fingerprint density at radius 2 is 2.44 bits per heavy atom. The van der Waals surface area contributed by atoms with Gasteiger partial charge in [-0.1, -0.05) is 6.07 Å². The third-order valence-electron chi connectivity index (χ3n) is 3.14. The van der Waals surface area contributed by atoms with Crippen LogP contribution < -0.4 is 11.1 Å². The number of rotatable bonds is 5. The number of ether oxygens (including phenoxy) is 1. The van der Waals surface area contributed by atoms with Crippen molar-refractivity contribution in [2.24, 2.45) is 5.73 Å². The third-order valence-corrected chi connectivity index (χ3v) is 3.14. The van der Waals surface area contributed by atoms with Gasteiger partial charge in [0.25, 0.3) is 0 Å². The van der Waals surface area contributed by atoms with Crippen LogP contribution >= 0.6 is 0 Å². The van der Waals surface area contributed by atoms with Crippen LogP contribution in [0.5, 0.6) is 0 Å². The number of carbonyl (C=O) groups is 1. The summed E-state index contributed by atoms with van der Waals surface area (Å²) in [6.45, 7) is 2.58. The minimum absolute atomic E-state index is 0.00534. The van der Waals surface area contributed by atoms with E-state index < -0.39 is 0 Å². The summed E-state index contributed by atoms with van der Waals surface area (Å²) in [4.78, 5) is 16.0. The summed E-state index contributed by atoms with van der Waals surface area (Å²) in [7, 11) is 0. The molecular weight excluding hydrogens is 230 g/mol. The second-order valence-electron chi connectivity index (χ2n) is 4.48. The van der Waals surface area contributed by atoms with Crippen molar-refractivity contribution in [1.82, 2.24) is 10.3 Å². The highest BCUT2D eigenvalue weighted by Gasteiger charge is 2.40. The SMILES string of the molecule is CCOC1CC(N)C1NC(=O)Cc1ccccn1. The molecule has 2 rings (SSSR count). The number of carbonyl (C=O) groups excluding carboxylic acids is 1. The molecule has 0 spiro atoms. The molecule has 3 unspecified atom stereocenters. The number of nitrogens with two attached hydrogens (primary N) is 1. The van der Waals surface area contributed by atoms with Gasteiger partial charge in [-0.2, -0.15) is 0 Å². The maximum absolute atomic E-state index is 11.8. The molecule has 0 radical (unpaired) electrons. The molecule has 0 aliphatic heterocycles. The molecular formula is C13H19N3O2. The van der Waals surface area contributed by atoms with Gasteiger partial charge in [-0.3, -0.25) is 9.78 Å². The topological polar surface area (TPSA) is 77.2 Å². The largest absolute Gasteiger partial charge is 0.376 e. The first-order valence-corrected chi connectivity index (χ1v) is 6.27. The smallest absolute Gasteiger partial charge is 0.226 e. The molecule has 98 valence electrons. The Labute approximate surface area is 107 Å². The molecule has 1 heterocycles. The Morgan fingerprint density at radius 1 is 1.61 bits per heavy atom. The van der Waals surface area contributed by atoms with Crippen LogP contribution in [-0.4, -0.2) is 35.7 Å². The van der Waals surface area contributed by atoms with Gasteiger partial charge in [0.05, 0.1) is 18.6 Å². The number of nitrogens with zero attached hydrogens (tertiary/aromatic N) is 1. The number of hydrogen-bond donors (Lipinski definition) is 2. The first-order chi connectivity index (χ1) is 8.70. The van der Waals surface area contributed by atoms with E-state index in [4.69, 9.17) is 10.5 Å². The van der Waals surface area contributed by atoms with Gasteiger partial charge in [-0.25, -0.2) is 0 Å². The zero-order valence-corrected chi connectivity index (χ0v) is 10.5. The molecule has 1 saturated carbocycles. The summed E-state index contributed by atoms with van der Waals surface area (Å²) in [5.74, 6) is -0.0569. The van der Waals surface area contributed by atoms with E-state index in [1.807, 2.05) is 25.1 Å². The number of aromatic nitrogens is 1. The lowest BCUT2D eigenvalue weighted by Crippen LogP contribution is -2.65. The van der Waals surface area contributed by atoms with Crippen LogP contribution in [0, 0.1) is 0 Å². The van der Waals surface area contributed by atoms with Crippen molar-refractivity contribution in [3.63, 3.8) is 0 Å². The summed E-state index contributed by atoms with van der Waals surface area (Å²) in [6, 6.07) is 5.46. The molecule has 3 N–H and O–H groups in total. The van der Waals surface area contributed by atoms with Crippen LogP contribution in [0.2, 0.25) is 0 Å². The zero-order valence-electron chi connectivity index (χ0n) is 10.5. The summed E-state index contributed by atoms with van der Waals surface area (Å²) < 4.78 is 5.50. The Kier molecular flexibility index (Phi) is 4.28. The molecule has 0 aromatic carbocycles. The fourth-order valence-electron chi connectivity index (χ4n) is 2.13. The highest BCUT2D eigenvalue weighted by atomic mass is 16.5. The van der Waals surface area contributed by atoms with E-state index in [0.717, 1.165) is 12.1 Å². The molecule has 1 aromatic rings. The molecule has 18 heavy (non-hydrogen) atoms. The molecule has 5 heteroatoms. The summed E-state index contributed by atoms with van der Waals surface area (Å²) in [5, 5.41) is 2.92. The predicted molar refractivity (Wildman–Crippen MR) is 67.9 cm³/mol. The van der Waals surface area contributed by atoms with Crippen molar-refractivity contribution in [3.8, 4) is 0 Å². The quantitative estimate of drug-likeness (QED) is 0.784. The standard InChI is InChI=1S/C13H19N3O2/c1-2-18-11-8-10(14)13(11)16-12(17)7-9-5-3-4-6-15-9/h3-6,10-11,13H,2,7-8,14H2,1H3,(H,16,17).